The Kier molecular flexibility index (Phi) is 37.8. The monoisotopic (exact) mass is 783 g/mol. The summed E-state index contributed by atoms with van der Waals surface area (Å²) in [5.74, 6) is 0. The van der Waals surface area contributed by atoms with Gasteiger partial charge in [0.2, 0.25) is 0 Å². The minimum absolute atomic E-state index is 0. The van der Waals surface area contributed by atoms with Gasteiger partial charge in [-0.3, -0.25) is 0 Å². The van der Waals surface area contributed by atoms with Crippen molar-refractivity contribution in [2.24, 2.45) is 0 Å². The molecule has 0 saturated heterocycles. The summed E-state index contributed by atoms with van der Waals surface area (Å²) in [4.78, 5) is 0. The quantitative estimate of drug-likeness (QED) is 0.0466. The maximum Gasteiger partial charge on any atom is -1.00 e. The van der Waals surface area contributed by atoms with E-state index in [0.29, 0.717) is 0 Å². The van der Waals surface area contributed by atoms with E-state index < -0.39 is 18.8 Å². The van der Waals surface area contributed by atoms with Gasteiger partial charge in [-0.05, 0) is 0 Å². The van der Waals surface area contributed by atoms with E-state index in [2.05, 4.69) is 51.1 Å². The Morgan fingerprint density at radius 1 is 0.298 bits per heavy atom. The van der Waals surface area contributed by atoms with E-state index in [9.17, 15) is 0 Å². The molecule has 0 fully saturated rings. The summed E-state index contributed by atoms with van der Waals surface area (Å²) in [7, 11) is 0. The zero-order valence-corrected chi connectivity index (χ0v) is 36.0. The number of rotatable bonds is 37. The van der Waals surface area contributed by atoms with Crippen LogP contribution in [0.5, 0.6) is 0 Å². The number of halogens is 1. The Balaban J connectivity index is 0.0000212. The first-order valence-corrected chi connectivity index (χ1v) is 28.4. The molecule has 2 heteroatoms. The molecule has 0 spiro atoms. The topological polar surface area (TPSA) is 0 Å². The Labute approximate surface area is 309 Å². The summed E-state index contributed by atoms with van der Waals surface area (Å²) in [6.07, 6.45) is 48.5. The normalized spacial score (nSPS) is 11.6. The van der Waals surface area contributed by atoms with Crippen molar-refractivity contribution < 1.29 is 12.4 Å². The molecule has 0 bridgehead atoms. The molecule has 0 radical (unpaired) electrons. The molecule has 1 aromatic rings. The number of unbranched alkanes of at least 4 members (excludes halogenated alkanes) is 30. The average molecular weight is 784 g/mol. The van der Waals surface area contributed by atoms with Gasteiger partial charge in [-0.25, -0.2) is 0 Å². The molecule has 0 nitrogen and oxygen atoms in total. The van der Waals surface area contributed by atoms with Gasteiger partial charge in [-0.1, -0.05) is 20.8 Å². The average Bonchev–Trinajstić information content (AvgIpc) is 3.08. The van der Waals surface area contributed by atoms with Gasteiger partial charge in [0.05, 0.1) is 0 Å². The SMILES string of the molecule is CCCCCCCCCCCC[CH2][Sb+]([CH2]CCCCCCCCCCCC)([CH2]CCCCCCCCCCCC)[c]1ccccc1.[Cl-]. The summed E-state index contributed by atoms with van der Waals surface area (Å²) in [6, 6.07) is 12.2. The van der Waals surface area contributed by atoms with Crippen molar-refractivity contribution in [1.82, 2.24) is 0 Å². The molecule has 0 unspecified atom stereocenters. The second-order valence-corrected chi connectivity index (χ2v) is 27.1. The molecule has 0 saturated carbocycles. The Morgan fingerprint density at radius 3 is 0.745 bits per heavy atom. The molecular formula is C45H86ClSb. The molecule has 47 heavy (non-hydrogen) atoms. The van der Waals surface area contributed by atoms with E-state index in [1.165, 1.54) is 212 Å². The van der Waals surface area contributed by atoms with E-state index in [4.69, 9.17) is 0 Å². The minimum atomic E-state index is -2.28. The standard InChI is InChI=1S/3C13H27.C6H5.ClH.Sb/c3*1-3-5-7-9-11-13-12-10-8-6-4-2;1-2-4-6-5-3-1;;/h3*1,3-13H2,2H3;1-5H;1H;/q;;;;;+1/p-1. The Morgan fingerprint density at radius 2 is 0.511 bits per heavy atom. The predicted octanol–water partition coefficient (Wildman–Crippen LogP) is 13.3. The molecular weight excluding hydrogens is 698 g/mol. The second kappa shape index (κ2) is 37.6. The number of hydrogen-bond donors (Lipinski definition) is 0. The fraction of sp³-hybridized carbons (Fsp3) is 0.867. The molecule has 0 amide bonds. The Bertz CT molecular complexity index is 639. The van der Waals surface area contributed by atoms with E-state index in [-0.39, 0.29) is 12.4 Å². The van der Waals surface area contributed by atoms with Crippen molar-refractivity contribution in [3.63, 3.8) is 0 Å². The third kappa shape index (κ3) is 28.7. The number of benzene rings is 1. The fourth-order valence-electron chi connectivity index (χ4n) is 7.70. The van der Waals surface area contributed by atoms with Crippen LogP contribution in [0.1, 0.15) is 233 Å². The van der Waals surface area contributed by atoms with Crippen LogP contribution in [0.4, 0.5) is 0 Å². The summed E-state index contributed by atoms with van der Waals surface area (Å²) >= 11 is -2.28. The maximum absolute atomic E-state index is 2.58. The smallest absolute Gasteiger partial charge is 1.00 e. The molecule has 1 aromatic carbocycles. The van der Waals surface area contributed by atoms with E-state index in [0.717, 1.165) is 0 Å². The largest absolute Gasteiger partial charge is 1.00 e. The van der Waals surface area contributed by atoms with Gasteiger partial charge in [-0.15, -0.1) is 0 Å². The maximum atomic E-state index is 2.58. The summed E-state index contributed by atoms with van der Waals surface area (Å²) in [5, 5.41) is 0. The molecule has 0 aliphatic carbocycles. The van der Waals surface area contributed by atoms with Crippen LogP contribution < -0.4 is 15.9 Å². The van der Waals surface area contributed by atoms with Gasteiger partial charge >= 0.3 is 278 Å². The van der Waals surface area contributed by atoms with Gasteiger partial charge in [0, 0.05) is 0 Å². The summed E-state index contributed by atoms with van der Waals surface area (Å²) in [6.45, 7) is 6.98. The third-order valence-corrected chi connectivity index (χ3v) is 24.9. The van der Waals surface area contributed by atoms with Crippen LogP contribution in [-0.2, 0) is 0 Å². The van der Waals surface area contributed by atoms with Crippen molar-refractivity contribution in [2.45, 2.75) is 246 Å². The van der Waals surface area contributed by atoms with Crippen LogP contribution in [0.2, 0.25) is 13.1 Å². The fourth-order valence-corrected chi connectivity index (χ4v) is 21.2. The second-order valence-electron chi connectivity index (χ2n) is 15.3. The van der Waals surface area contributed by atoms with Gasteiger partial charge < -0.3 is 12.4 Å². The zero-order valence-electron chi connectivity index (χ0n) is 32.7. The van der Waals surface area contributed by atoms with Crippen LogP contribution in [0, 0.1) is 0 Å². The molecule has 0 N–H and O–H groups in total. The summed E-state index contributed by atoms with van der Waals surface area (Å²) < 4.78 is 6.73. The first-order chi connectivity index (χ1) is 22.8. The molecule has 1 rings (SSSR count). The minimum Gasteiger partial charge on any atom is -1.00 e. The van der Waals surface area contributed by atoms with Crippen LogP contribution in [0.3, 0.4) is 0 Å². The van der Waals surface area contributed by atoms with Crippen LogP contribution >= 0.6 is 0 Å². The first kappa shape index (κ1) is 47.3. The van der Waals surface area contributed by atoms with Crippen molar-refractivity contribution in [1.29, 1.82) is 0 Å². The Hall–Kier alpha value is 0.328. The van der Waals surface area contributed by atoms with Gasteiger partial charge in [0.25, 0.3) is 0 Å². The number of hydrogen-bond acceptors (Lipinski definition) is 0. The van der Waals surface area contributed by atoms with Crippen molar-refractivity contribution in [3.05, 3.63) is 30.3 Å². The van der Waals surface area contributed by atoms with Crippen LogP contribution in [-0.4, -0.2) is 18.8 Å². The van der Waals surface area contributed by atoms with Crippen LogP contribution in [0.25, 0.3) is 0 Å². The molecule has 0 atom stereocenters. The molecule has 0 heterocycles. The molecule has 0 aliphatic heterocycles. The van der Waals surface area contributed by atoms with E-state index >= 15 is 0 Å². The molecule has 0 aromatic heterocycles. The van der Waals surface area contributed by atoms with Crippen LogP contribution in [0.15, 0.2) is 30.3 Å². The summed E-state index contributed by atoms with van der Waals surface area (Å²) in [5.41, 5.74) is 0. The zero-order chi connectivity index (χ0) is 33.1. The van der Waals surface area contributed by atoms with Gasteiger partial charge in [-0.2, -0.15) is 0 Å². The van der Waals surface area contributed by atoms with Crippen molar-refractivity contribution in [3.8, 4) is 0 Å². The first-order valence-electron chi connectivity index (χ1n) is 21.7. The molecule has 278 valence electrons. The van der Waals surface area contributed by atoms with E-state index in [1.807, 2.05) is 3.51 Å². The molecule has 0 aliphatic rings. The third-order valence-electron chi connectivity index (χ3n) is 10.9. The van der Waals surface area contributed by atoms with E-state index in [1.54, 1.807) is 13.1 Å². The predicted molar refractivity (Wildman–Crippen MR) is 216 cm³/mol. The van der Waals surface area contributed by atoms with Gasteiger partial charge in [0.15, 0.2) is 0 Å². The van der Waals surface area contributed by atoms with Crippen molar-refractivity contribution >= 4 is 22.3 Å². The van der Waals surface area contributed by atoms with Gasteiger partial charge in [0.1, 0.15) is 0 Å². The van der Waals surface area contributed by atoms with Crippen molar-refractivity contribution in [2.75, 3.05) is 0 Å².